The van der Waals surface area contributed by atoms with Gasteiger partial charge in [-0.3, -0.25) is 4.98 Å². The first-order valence-electron chi connectivity index (χ1n) is 6.10. The first kappa shape index (κ1) is 12.3. The first-order chi connectivity index (χ1) is 8.09. The van der Waals surface area contributed by atoms with Crippen molar-refractivity contribution in [1.82, 2.24) is 4.98 Å². The standard InChI is InChI=1S/C13H19N3S/c1-9(2)16(8-10-3-4-10)12-7-15-6-5-11(12)13(14)17/h5-7,9-10H,3-4,8H2,1-2H3,(H2,14,17). The van der Waals surface area contributed by atoms with Crippen LogP contribution in [0.25, 0.3) is 0 Å². The van der Waals surface area contributed by atoms with Crippen LogP contribution in [0.4, 0.5) is 5.69 Å². The van der Waals surface area contributed by atoms with E-state index < -0.39 is 0 Å². The molecule has 3 nitrogen and oxygen atoms in total. The molecule has 0 aliphatic heterocycles. The molecule has 0 unspecified atom stereocenters. The Hall–Kier alpha value is -1.16. The van der Waals surface area contributed by atoms with E-state index in [-0.39, 0.29) is 0 Å². The van der Waals surface area contributed by atoms with Gasteiger partial charge in [-0.2, -0.15) is 0 Å². The molecule has 0 radical (unpaired) electrons. The largest absolute Gasteiger partial charge is 0.389 e. The minimum absolute atomic E-state index is 0.438. The van der Waals surface area contributed by atoms with Gasteiger partial charge in [0.1, 0.15) is 4.99 Å². The predicted molar refractivity (Wildman–Crippen MR) is 75.3 cm³/mol. The van der Waals surface area contributed by atoms with Crippen LogP contribution in [0.5, 0.6) is 0 Å². The third kappa shape index (κ3) is 2.94. The summed E-state index contributed by atoms with van der Waals surface area (Å²) in [4.78, 5) is 7.01. The number of pyridine rings is 1. The lowest BCUT2D eigenvalue weighted by atomic mass is 10.1. The van der Waals surface area contributed by atoms with Gasteiger partial charge < -0.3 is 10.6 Å². The van der Waals surface area contributed by atoms with E-state index in [1.165, 1.54) is 12.8 Å². The Morgan fingerprint density at radius 2 is 2.29 bits per heavy atom. The van der Waals surface area contributed by atoms with Crippen LogP contribution < -0.4 is 10.6 Å². The molecule has 0 spiro atoms. The van der Waals surface area contributed by atoms with Crippen molar-refractivity contribution in [2.24, 2.45) is 11.7 Å². The summed E-state index contributed by atoms with van der Waals surface area (Å²) in [5.41, 5.74) is 7.78. The molecular weight excluding hydrogens is 230 g/mol. The van der Waals surface area contributed by atoms with Crippen molar-refractivity contribution in [3.8, 4) is 0 Å². The van der Waals surface area contributed by atoms with Crippen molar-refractivity contribution in [3.63, 3.8) is 0 Å². The number of hydrogen-bond acceptors (Lipinski definition) is 3. The molecule has 1 fully saturated rings. The van der Waals surface area contributed by atoms with Gasteiger partial charge in [0.25, 0.3) is 0 Å². The van der Waals surface area contributed by atoms with E-state index in [1.54, 1.807) is 6.20 Å². The Kier molecular flexibility index (Phi) is 3.62. The van der Waals surface area contributed by atoms with Crippen LogP contribution in [-0.4, -0.2) is 22.6 Å². The molecule has 0 atom stereocenters. The summed E-state index contributed by atoms with van der Waals surface area (Å²) < 4.78 is 0. The fourth-order valence-corrected chi connectivity index (χ4v) is 2.16. The highest BCUT2D eigenvalue weighted by atomic mass is 32.1. The maximum absolute atomic E-state index is 5.78. The van der Waals surface area contributed by atoms with Gasteiger partial charge >= 0.3 is 0 Å². The van der Waals surface area contributed by atoms with Crippen molar-refractivity contribution < 1.29 is 0 Å². The average Bonchev–Trinajstić information content (AvgIpc) is 3.09. The Labute approximate surface area is 108 Å². The van der Waals surface area contributed by atoms with Gasteiger partial charge in [0, 0.05) is 24.3 Å². The lowest BCUT2D eigenvalue weighted by molar-refractivity contribution is 0.643. The van der Waals surface area contributed by atoms with E-state index in [9.17, 15) is 0 Å². The Bertz CT molecular complexity index is 413. The predicted octanol–water partition coefficient (Wildman–Crippen LogP) is 2.34. The third-order valence-corrected chi connectivity index (χ3v) is 3.37. The fourth-order valence-electron chi connectivity index (χ4n) is 1.99. The van der Waals surface area contributed by atoms with Gasteiger partial charge in [-0.05, 0) is 38.7 Å². The minimum atomic E-state index is 0.438. The number of hydrogen-bond donors (Lipinski definition) is 1. The highest BCUT2D eigenvalue weighted by Gasteiger charge is 2.27. The summed E-state index contributed by atoms with van der Waals surface area (Å²) in [5, 5.41) is 0. The summed E-state index contributed by atoms with van der Waals surface area (Å²) in [6.07, 6.45) is 6.29. The first-order valence-corrected chi connectivity index (χ1v) is 6.51. The molecule has 17 heavy (non-hydrogen) atoms. The molecule has 92 valence electrons. The number of rotatable bonds is 5. The second kappa shape index (κ2) is 5.00. The lowest BCUT2D eigenvalue weighted by Crippen LogP contribution is -2.34. The highest BCUT2D eigenvalue weighted by Crippen LogP contribution is 2.33. The van der Waals surface area contributed by atoms with Gasteiger partial charge in [0.05, 0.1) is 11.9 Å². The molecule has 1 saturated carbocycles. The monoisotopic (exact) mass is 249 g/mol. The number of nitrogens with two attached hydrogens (primary N) is 1. The van der Waals surface area contributed by atoms with E-state index >= 15 is 0 Å². The summed E-state index contributed by atoms with van der Waals surface area (Å²) in [6.45, 7) is 5.47. The molecule has 0 aromatic carbocycles. The lowest BCUT2D eigenvalue weighted by Gasteiger charge is -2.30. The molecule has 0 amide bonds. The van der Waals surface area contributed by atoms with Gasteiger partial charge in [0.2, 0.25) is 0 Å². The summed E-state index contributed by atoms with van der Waals surface area (Å²) in [5.74, 6) is 0.830. The maximum Gasteiger partial charge on any atom is 0.106 e. The van der Waals surface area contributed by atoms with Crippen LogP contribution in [0.15, 0.2) is 18.5 Å². The molecule has 1 aliphatic rings. The zero-order chi connectivity index (χ0) is 12.4. The van der Waals surface area contributed by atoms with E-state index in [2.05, 4.69) is 23.7 Å². The smallest absolute Gasteiger partial charge is 0.106 e. The summed E-state index contributed by atoms with van der Waals surface area (Å²) in [7, 11) is 0. The molecule has 1 heterocycles. The van der Waals surface area contributed by atoms with Gasteiger partial charge in [0.15, 0.2) is 0 Å². The Morgan fingerprint density at radius 1 is 1.59 bits per heavy atom. The van der Waals surface area contributed by atoms with Crippen molar-refractivity contribution in [1.29, 1.82) is 0 Å². The van der Waals surface area contributed by atoms with Crippen molar-refractivity contribution >= 4 is 22.9 Å². The molecule has 2 N–H and O–H groups in total. The highest BCUT2D eigenvalue weighted by molar-refractivity contribution is 7.80. The second-order valence-corrected chi connectivity index (χ2v) is 5.39. The minimum Gasteiger partial charge on any atom is -0.389 e. The molecule has 0 saturated heterocycles. The number of nitrogens with zero attached hydrogens (tertiary/aromatic N) is 2. The number of anilines is 1. The van der Waals surface area contributed by atoms with Crippen molar-refractivity contribution in [3.05, 3.63) is 24.0 Å². The molecule has 0 bridgehead atoms. The molecule has 1 aromatic heterocycles. The number of aromatic nitrogens is 1. The van der Waals surface area contributed by atoms with Crippen LogP contribution in [0.3, 0.4) is 0 Å². The van der Waals surface area contributed by atoms with E-state index in [4.69, 9.17) is 18.0 Å². The molecule has 1 aromatic rings. The van der Waals surface area contributed by atoms with Gasteiger partial charge in [-0.25, -0.2) is 0 Å². The van der Waals surface area contributed by atoms with Crippen LogP contribution in [0, 0.1) is 5.92 Å². The quantitative estimate of drug-likeness (QED) is 0.813. The van der Waals surface area contributed by atoms with E-state index in [0.29, 0.717) is 11.0 Å². The zero-order valence-electron chi connectivity index (χ0n) is 10.4. The molecule has 1 aliphatic carbocycles. The topological polar surface area (TPSA) is 42.2 Å². The third-order valence-electron chi connectivity index (χ3n) is 3.15. The average molecular weight is 249 g/mol. The van der Waals surface area contributed by atoms with Crippen LogP contribution >= 0.6 is 12.2 Å². The Balaban J connectivity index is 2.30. The van der Waals surface area contributed by atoms with Crippen molar-refractivity contribution in [2.45, 2.75) is 32.7 Å². The molecule has 2 rings (SSSR count). The fraction of sp³-hybridized carbons (Fsp3) is 0.538. The van der Waals surface area contributed by atoms with Gasteiger partial charge in [-0.15, -0.1) is 0 Å². The Morgan fingerprint density at radius 3 is 2.82 bits per heavy atom. The van der Waals surface area contributed by atoms with Crippen LogP contribution in [-0.2, 0) is 0 Å². The molecule has 4 heteroatoms. The normalized spacial score (nSPS) is 15.0. The summed E-state index contributed by atoms with van der Waals surface area (Å²) in [6, 6.07) is 2.34. The van der Waals surface area contributed by atoms with Crippen LogP contribution in [0.1, 0.15) is 32.3 Å². The van der Waals surface area contributed by atoms with Crippen LogP contribution in [0.2, 0.25) is 0 Å². The summed E-state index contributed by atoms with van der Waals surface area (Å²) >= 11 is 5.11. The SMILES string of the molecule is CC(C)N(CC1CC1)c1cnccc1C(N)=S. The van der Waals surface area contributed by atoms with E-state index in [0.717, 1.165) is 23.7 Å². The zero-order valence-corrected chi connectivity index (χ0v) is 11.2. The second-order valence-electron chi connectivity index (χ2n) is 4.95. The number of thiocarbonyl (C=S) groups is 1. The van der Waals surface area contributed by atoms with Gasteiger partial charge in [-0.1, -0.05) is 12.2 Å². The van der Waals surface area contributed by atoms with E-state index in [1.807, 2.05) is 12.3 Å². The molecular formula is C13H19N3S. The van der Waals surface area contributed by atoms with Crippen molar-refractivity contribution in [2.75, 3.05) is 11.4 Å². The maximum atomic E-state index is 5.78.